The van der Waals surface area contributed by atoms with Crippen LogP contribution in [0.2, 0.25) is 0 Å². The molecule has 2 aromatic carbocycles. The molecule has 1 unspecified atom stereocenters. The number of hydrogen-bond acceptors (Lipinski definition) is 1. The SMILES string of the molecule is Cl.c1ccc(-c2ccc(C3CCNC3)cc2)cc1. The van der Waals surface area contributed by atoms with Crippen LogP contribution in [0.5, 0.6) is 0 Å². The Morgan fingerprint density at radius 1 is 0.833 bits per heavy atom. The van der Waals surface area contributed by atoms with Gasteiger partial charge in [-0.15, -0.1) is 12.4 Å². The van der Waals surface area contributed by atoms with Gasteiger partial charge in [0, 0.05) is 6.54 Å². The quantitative estimate of drug-likeness (QED) is 0.864. The molecule has 1 nitrogen and oxygen atoms in total. The number of halogens is 1. The van der Waals surface area contributed by atoms with Crippen molar-refractivity contribution in [1.29, 1.82) is 0 Å². The number of rotatable bonds is 2. The Bertz CT molecular complexity index is 472. The lowest BCUT2D eigenvalue weighted by atomic mass is 9.96. The Morgan fingerprint density at radius 2 is 1.50 bits per heavy atom. The average molecular weight is 260 g/mol. The molecular formula is C16H18ClN. The predicted molar refractivity (Wildman–Crippen MR) is 79.4 cm³/mol. The molecule has 94 valence electrons. The third-order valence-corrected chi connectivity index (χ3v) is 3.55. The molecule has 2 heteroatoms. The molecule has 1 heterocycles. The van der Waals surface area contributed by atoms with Crippen LogP contribution in [0.3, 0.4) is 0 Å². The molecule has 1 fully saturated rings. The standard InChI is InChI=1S/C16H17N.ClH/c1-2-4-13(5-3-1)14-6-8-15(9-7-14)16-10-11-17-12-16;/h1-9,16-17H,10-12H2;1H. The predicted octanol–water partition coefficient (Wildman–Crippen LogP) is 3.85. The van der Waals surface area contributed by atoms with E-state index in [0.717, 1.165) is 13.1 Å². The zero-order valence-corrected chi connectivity index (χ0v) is 11.1. The number of benzene rings is 2. The highest BCUT2D eigenvalue weighted by atomic mass is 35.5. The zero-order valence-electron chi connectivity index (χ0n) is 10.3. The number of nitrogens with one attached hydrogen (secondary N) is 1. The van der Waals surface area contributed by atoms with Crippen LogP contribution in [-0.2, 0) is 0 Å². The summed E-state index contributed by atoms with van der Waals surface area (Å²) in [7, 11) is 0. The van der Waals surface area contributed by atoms with E-state index in [9.17, 15) is 0 Å². The monoisotopic (exact) mass is 259 g/mol. The van der Waals surface area contributed by atoms with Crippen molar-refractivity contribution in [1.82, 2.24) is 5.32 Å². The van der Waals surface area contributed by atoms with Gasteiger partial charge >= 0.3 is 0 Å². The molecule has 1 atom stereocenters. The first-order chi connectivity index (χ1) is 8.43. The van der Waals surface area contributed by atoms with E-state index < -0.39 is 0 Å². The first-order valence-corrected chi connectivity index (χ1v) is 6.29. The molecule has 2 aromatic rings. The number of hydrogen-bond donors (Lipinski definition) is 1. The molecule has 1 aliphatic heterocycles. The van der Waals surface area contributed by atoms with Crippen LogP contribution < -0.4 is 5.32 Å². The van der Waals surface area contributed by atoms with Gasteiger partial charge in [0.2, 0.25) is 0 Å². The fraction of sp³-hybridized carbons (Fsp3) is 0.250. The largest absolute Gasteiger partial charge is 0.316 e. The van der Waals surface area contributed by atoms with E-state index >= 15 is 0 Å². The van der Waals surface area contributed by atoms with Crippen molar-refractivity contribution in [2.24, 2.45) is 0 Å². The lowest BCUT2D eigenvalue weighted by Gasteiger charge is -2.09. The van der Waals surface area contributed by atoms with Crippen LogP contribution in [0.4, 0.5) is 0 Å². The highest BCUT2D eigenvalue weighted by molar-refractivity contribution is 5.85. The molecule has 0 aliphatic carbocycles. The van der Waals surface area contributed by atoms with Crippen LogP contribution in [0.1, 0.15) is 17.9 Å². The second-order valence-corrected chi connectivity index (χ2v) is 4.68. The minimum Gasteiger partial charge on any atom is -0.316 e. The van der Waals surface area contributed by atoms with Crippen LogP contribution in [-0.4, -0.2) is 13.1 Å². The van der Waals surface area contributed by atoms with E-state index in [1.54, 1.807) is 0 Å². The van der Waals surface area contributed by atoms with Crippen molar-refractivity contribution in [3.8, 4) is 11.1 Å². The molecule has 1 N–H and O–H groups in total. The normalized spacial score (nSPS) is 18.3. The second-order valence-electron chi connectivity index (χ2n) is 4.68. The van der Waals surface area contributed by atoms with E-state index in [1.807, 2.05) is 0 Å². The Balaban J connectivity index is 0.00000120. The summed E-state index contributed by atoms with van der Waals surface area (Å²) in [4.78, 5) is 0. The molecule has 0 saturated carbocycles. The maximum absolute atomic E-state index is 3.42. The minimum absolute atomic E-state index is 0. The summed E-state index contributed by atoms with van der Waals surface area (Å²) in [5.74, 6) is 0.708. The molecule has 18 heavy (non-hydrogen) atoms. The summed E-state index contributed by atoms with van der Waals surface area (Å²) in [6.07, 6.45) is 1.27. The fourth-order valence-electron chi connectivity index (χ4n) is 2.52. The van der Waals surface area contributed by atoms with Crippen LogP contribution in [0.15, 0.2) is 54.6 Å². The molecule has 0 amide bonds. The van der Waals surface area contributed by atoms with E-state index in [-0.39, 0.29) is 12.4 Å². The van der Waals surface area contributed by atoms with Gasteiger partial charge in [-0.25, -0.2) is 0 Å². The molecule has 1 aliphatic rings. The Hall–Kier alpha value is -1.31. The van der Waals surface area contributed by atoms with Gasteiger partial charge in [-0.1, -0.05) is 54.6 Å². The summed E-state index contributed by atoms with van der Waals surface area (Å²) >= 11 is 0. The van der Waals surface area contributed by atoms with Crippen molar-refractivity contribution in [2.75, 3.05) is 13.1 Å². The van der Waals surface area contributed by atoms with Gasteiger partial charge in [-0.2, -0.15) is 0 Å². The maximum Gasteiger partial charge on any atom is 0.00206 e. The van der Waals surface area contributed by atoms with E-state index in [4.69, 9.17) is 0 Å². The molecule has 0 radical (unpaired) electrons. The average Bonchev–Trinajstić information content (AvgIpc) is 2.94. The first kappa shape index (κ1) is 13.1. The van der Waals surface area contributed by atoms with Gasteiger partial charge in [-0.3, -0.25) is 0 Å². The Labute approximate surface area is 115 Å². The highest BCUT2D eigenvalue weighted by Gasteiger charge is 2.15. The van der Waals surface area contributed by atoms with Crippen molar-refractivity contribution in [2.45, 2.75) is 12.3 Å². The maximum atomic E-state index is 3.42. The summed E-state index contributed by atoms with van der Waals surface area (Å²) in [6, 6.07) is 19.6. The lowest BCUT2D eigenvalue weighted by Crippen LogP contribution is -2.07. The molecule has 0 spiro atoms. The summed E-state index contributed by atoms with van der Waals surface area (Å²) in [6.45, 7) is 2.29. The van der Waals surface area contributed by atoms with Crippen LogP contribution in [0.25, 0.3) is 11.1 Å². The van der Waals surface area contributed by atoms with Crippen molar-refractivity contribution in [3.63, 3.8) is 0 Å². The van der Waals surface area contributed by atoms with Gasteiger partial charge in [0.15, 0.2) is 0 Å². The molecule has 1 saturated heterocycles. The summed E-state index contributed by atoms with van der Waals surface area (Å²) in [5, 5.41) is 3.42. The third-order valence-electron chi connectivity index (χ3n) is 3.55. The molecular weight excluding hydrogens is 242 g/mol. The second kappa shape index (κ2) is 6.03. The fourth-order valence-corrected chi connectivity index (χ4v) is 2.52. The van der Waals surface area contributed by atoms with Gasteiger partial charge < -0.3 is 5.32 Å². The van der Waals surface area contributed by atoms with Crippen molar-refractivity contribution >= 4 is 12.4 Å². The summed E-state index contributed by atoms with van der Waals surface area (Å²) in [5.41, 5.74) is 4.07. The van der Waals surface area contributed by atoms with Crippen molar-refractivity contribution in [3.05, 3.63) is 60.2 Å². The van der Waals surface area contributed by atoms with E-state index in [0.29, 0.717) is 5.92 Å². The lowest BCUT2D eigenvalue weighted by molar-refractivity contribution is 0.763. The highest BCUT2D eigenvalue weighted by Crippen LogP contribution is 2.25. The Kier molecular flexibility index (Phi) is 4.40. The topological polar surface area (TPSA) is 12.0 Å². The van der Waals surface area contributed by atoms with Crippen molar-refractivity contribution < 1.29 is 0 Å². The first-order valence-electron chi connectivity index (χ1n) is 6.29. The van der Waals surface area contributed by atoms with Gasteiger partial charge in [0.25, 0.3) is 0 Å². The zero-order chi connectivity index (χ0) is 11.5. The summed E-state index contributed by atoms with van der Waals surface area (Å²) < 4.78 is 0. The molecule has 0 bridgehead atoms. The minimum atomic E-state index is 0. The molecule has 0 aromatic heterocycles. The smallest absolute Gasteiger partial charge is 0.00206 e. The van der Waals surface area contributed by atoms with Gasteiger partial charge in [-0.05, 0) is 35.6 Å². The van der Waals surface area contributed by atoms with E-state index in [1.165, 1.54) is 23.1 Å². The third kappa shape index (κ3) is 2.74. The Morgan fingerprint density at radius 3 is 2.11 bits per heavy atom. The molecule has 3 rings (SSSR count). The van der Waals surface area contributed by atoms with Crippen LogP contribution >= 0.6 is 12.4 Å². The van der Waals surface area contributed by atoms with E-state index in [2.05, 4.69) is 59.9 Å². The van der Waals surface area contributed by atoms with Crippen LogP contribution in [0, 0.1) is 0 Å². The van der Waals surface area contributed by atoms with Gasteiger partial charge in [0.05, 0.1) is 0 Å². The van der Waals surface area contributed by atoms with Gasteiger partial charge in [0.1, 0.15) is 0 Å².